The second-order valence-corrected chi connectivity index (χ2v) is 3.82. The molecule has 0 radical (unpaired) electrons. The van der Waals surface area contributed by atoms with Crippen LogP contribution in [0.5, 0.6) is 0 Å². The van der Waals surface area contributed by atoms with Crippen LogP contribution in [0.15, 0.2) is 17.0 Å². The number of hydrogen-bond acceptors (Lipinski definition) is 2. The van der Waals surface area contributed by atoms with Gasteiger partial charge in [0.05, 0.1) is 0 Å². The average molecular weight is 232 g/mol. The maximum Gasteiger partial charge on any atom is 1.00 e. The first-order valence-corrected chi connectivity index (χ1v) is 4.70. The van der Waals surface area contributed by atoms with Crippen LogP contribution in [0.4, 0.5) is 8.78 Å². The third-order valence-corrected chi connectivity index (χ3v) is 2.57. The fraction of sp³-hybridized carbons (Fsp3) is 0.143. The minimum absolute atomic E-state index is 0. The SMILES string of the molecule is Cc1c(F)ccc(F)c1S(=O)(=O)O.[H-].[Na+]. The van der Waals surface area contributed by atoms with E-state index in [9.17, 15) is 17.2 Å². The molecule has 14 heavy (non-hydrogen) atoms. The van der Waals surface area contributed by atoms with Crippen LogP contribution in [-0.4, -0.2) is 13.0 Å². The van der Waals surface area contributed by atoms with Crippen LogP contribution in [-0.2, 0) is 10.1 Å². The Bertz CT molecular complexity index is 450. The summed E-state index contributed by atoms with van der Waals surface area (Å²) < 4.78 is 55.3. The minimum Gasteiger partial charge on any atom is -1.00 e. The van der Waals surface area contributed by atoms with Crippen LogP contribution in [0.1, 0.15) is 6.99 Å². The Kier molecular flexibility index (Phi) is 4.67. The van der Waals surface area contributed by atoms with E-state index in [1.165, 1.54) is 0 Å². The van der Waals surface area contributed by atoms with E-state index in [4.69, 9.17) is 4.55 Å². The van der Waals surface area contributed by atoms with Gasteiger partial charge < -0.3 is 1.43 Å². The summed E-state index contributed by atoms with van der Waals surface area (Å²) in [5, 5.41) is 0. The molecule has 1 aromatic carbocycles. The molecule has 0 bridgehead atoms. The van der Waals surface area contributed by atoms with Crippen molar-refractivity contribution < 1.29 is 52.7 Å². The molecule has 3 nitrogen and oxygen atoms in total. The summed E-state index contributed by atoms with van der Waals surface area (Å²) in [6.07, 6.45) is 0. The van der Waals surface area contributed by atoms with Crippen molar-refractivity contribution in [3.05, 3.63) is 29.3 Å². The van der Waals surface area contributed by atoms with E-state index in [1.54, 1.807) is 0 Å². The molecule has 1 aromatic rings. The summed E-state index contributed by atoms with van der Waals surface area (Å²) >= 11 is 0. The van der Waals surface area contributed by atoms with Gasteiger partial charge in [0.15, 0.2) is 0 Å². The van der Waals surface area contributed by atoms with Gasteiger partial charge in [-0.1, -0.05) is 0 Å². The molecular formula is C7H7F2NaO3S. The maximum absolute atomic E-state index is 12.8. The zero-order valence-electron chi connectivity index (χ0n) is 8.58. The molecule has 0 aliphatic rings. The first kappa shape index (κ1) is 14.0. The molecule has 0 aliphatic carbocycles. The monoisotopic (exact) mass is 232 g/mol. The summed E-state index contributed by atoms with van der Waals surface area (Å²) in [6.45, 7) is 1.07. The van der Waals surface area contributed by atoms with Crippen molar-refractivity contribution in [3.63, 3.8) is 0 Å². The van der Waals surface area contributed by atoms with Crippen LogP contribution >= 0.6 is 0 Å². The maximum atomic E-state index is 12.8. The molecule has 0 saturated carbocycles. The fourth-order valence-corrected chi connectivity index (χ4v) is 1.75. The Morgan fingerprint density at radius 1 is 1.29 bits per heavy atom. The van der Waals surface area contributed by atoms with E-state index in [2.05, 4.69) is 0 Å². The van der Waals surface area contributed by atoms with Crippen LogP contribution in [0.3, 0.4) is 0 Å². The Labute approximate surface area is 104 Å². The van der Waals surface area contributed by atoms with Crippen molar-refractivity contribution in [3.8, 4) is 0 Å². The van der Waals surface area contributed by atoms with E-state index in [-0.39, 0.29) is 31.0 Å². The standard InChI is InChI=1S/C7H6F2O3S.Na.H/c1-4-5(8)2-3-6(9)7(4)13(10,11)12;;/h2-3H,1H3,(H,10,11,12);;/q;+1;-1. The first-order chi connectivity index (χ1) is 5.84. The van der Waals surface area contributed by atoms with Gasteiger partial charge in [0, 0.05) is 5.56 Å². The fourth-order valence-electron chi connectivity index (χ4n) is 0.951. The second-order valence-electron chi connectivity index (χ2n) is 2.46. The Hall–Kier alpha value is -0.0100. The van der Waals surface area contributed by atoms with Gasteiger partial charge in [-0.15, -0.1) is 0 Å². The number of hydrogen-bond donors (Lipinski definition) is 1. The summed E-state index contributed by atoms with van der Waals surface area (Å²) in [5.41, 5.74) is -0.428. The van der Waals surface area contributed by atoms with Crippen LogP contribution in [0.2, 0.25) is 0 Å². The molecule has 1 rings (SSSR count). The summed E-state index contributed by atoms with van der Waals surface area (Å²) in [5.74, 6) is -2.05. The molecule has 74 valence electrons. The normalized spacial score (nSPS) is 10.9. The van der Waals surface area contributed by atoms with Crippen molar-refractivity contribution >= 4 is 10.1 Å². The van der Waals surface area contributed by atoms with Crippen molar-refractivity contribution in [1.29, 1.82) is 0 Å². The quantitative estimate of drug-likeness (QED) is 0.480. The van der Waals surface area contributed by atoms with Gasteiger partial charge in [0.2, 0.25) is 0 Å². The number of benzene rings is 1. The van der Waals surface area contributed by atoms with Gasteiger partial charge in [-0.25, -0.2) is 8.78 Å². The van der Waals surface area contributed by atoms with Crippen molar-refractivity contribution in [2.75, 3.05) is 0 Å². The van der Waals surface area contributed by atoms with Crippen molar-refractivity contribution in [1.82, 2.24) is 0 Å². The Morgan fingerprint density at radius 3 is 2.07 bits per heavy atom. The Morgan fingerprint density at radius 2 is 1.71 bits per heavy atom. The molecule has 0 saturated heterocycles. The summed E-state index contributed by atoms with van der Waals surface area (Å²) in [4.78, 5) is -1.01. The molecule has 1 N–H and O–H groups in total. The summed E-state index contributed by atoms with van der Waals surface area (Å²) in [6, 6.07) is 1.44. The predicted octanol–water partition coefficient (Wildman–Crippen LogP) is -1.36. The molecule has 0 heterocycles. The summed E-state index contributed by atoms with van der Waals surface area (Å²) in [7, 11) is -4.70. The van der Waals surface area contributed by atoms with Crippen LogP contribution in [0.25, 0.3) is 0 Å². The zero-order chi connectivity index (χ0) is 10.2. The van der Waals surface area contributed by atoms with Crippen LogP contribution in [0, 0.1) is 18.6 Å². The molecule has 0 aromatic heterocycles. The topological polar surface area (TPSA) is 54.4 Å². The Balaban J connectivity index is 0. The van der Waals surface area contributed by atoms with Gasteiger partial charge in [-0.3, -0.25) is 4.55 Å². The van der Waals surface area contributed by atoms with E-state index in [0.29, 0.717) is 6.07 Å². The minimum atomic E-state index is -4.70. The molecule has 0 aliphatic heterocycles. The molecule has 0 atom stereocenters. The molecule has 0 amide bonds. The number of halogens is 2. The van der Waals surface area contributed by atoms with E-state index in [0.717, 1.165) is 13.0 Å². The third kappa shape index (κ3) is 2.74. The van der Waals surface area contributed by atoms with Crippen LogP contribution < -0.4 is 29.6 Å². The van der Waals surface area contributed by atoms with E-state index < -0.39 is 32.2 Å². The molecular weight excluding hydrogens is 225 g/mol. The largest absolute Gasteiger partial charge is 1.00 e. The smallest absolute Gasteiger partial charge is 1.00 e. The first-order valence-electron chi connectivity index (χ1n) is 3.26. The van der Waals surface area contributed by atoms with Gasteiger partial charge in [-0.2, -0.15) is 8.42 Å². The van der Waals surface area contributed by atoms with E-state index >= 15 is 0 Å². The van der Waals surface area contributed by atoms with Gasteiger partial charge in [0.1, 0.15) is 16.5 Å². The van der Waals surface area contributed by atoms with Gasteiger partial charge in [-0.05, 0) is 19.1 Å². The van der Waals surface area contributed by atoms with Crippen molar-refractivity contribution in [2.24, 2.45) is 0 Å². The average Bonchev–Trinajstić information content (AvgIpc) is 1.95. The van der Waals surface area contributed by atoms with Gasteiger partial charge >= 0.3 is 29.6 Å². The molecule has 0 unspecified atom stereocenters. The molecule has 0 spiro atoms. The number of rotatable bonds is 1. The van der Waals surface area contributed by atoms with Crippen molar-refractivity contribution in [2.45, 2.75) is 11.8 Å². The second kappa shape index (κ2) is 4.67. The third-order valence-electron chi connectivity index (χ3n) is 1.55. The zero-order valence-corrected chi connectivity index (χ0v) is 10.4. The molecule has 7 heteroatoms. The van der Waals surface area contributed by atoms with E-state index in [1.807, 2.05) is 0 Å². The molecule has 0 fully saturated rings. The van der Waals surface area contributed by atoms with Gasteiger partial charge in [0.25, 0.3) is 10.1 Å². The predicted molar refractivity (Wildman–Crippen MR) is 42.0 cm³/mol.